The number of benzene rings is 1. The van der Waals surface area contributed by atoms with E-state index in [1.54, 1.807) is 7.11 Å². The van der Waals surface area contributed by atoms with E-state index in [9.17, 15) is 0 Å². The summed E-state index contributed by atoms with van der Waals surface area (Å²) in [4.78, 5) is 0. The van der Waals surface area contributed by atoms with Crippen LogP contribution in [0.1, 0.15) is 18.6 Å². The van der Waals surface area contributed by atoms with Crippen LogP contribution < -0.4 is 4.74 Å². The largest absolute Gasteiger partial charge is 0.497 e. The smallest absolute Gasteiger partial charge is 0.118 e. The summed E-state index contributed by atoms with van der Waals surface area (Å²) in [6.07, 6.45) is 0.156. The summed E-state index contributed by atoms with van der Waals surface area (Å²) in [5, 5.41) is 0. The number of rotatable bonds is 2. The van der Waals surface area contributed by atoms with Crippen LogP contribution in [-0.4, -0.2) is 13.7 Å². The maximum atomic E-state index is 5.70. The first-order valence-electron chi connectivity index (χ1n) is 5.15. The summed E-state index contributed by atoms with van der Waals surface area (Å²) >= 11 is 0. The molecule has 1 heterocycles. The molecule has 2 atom stereocenters. The van der Waals surface area contributed by atoms with Crippen LogP contribution in [0.2, 0.25) is 0 Å². The molecule has 0 saturated carbocycles. The molecule has 1 aliphatic rings. The van der Waals surface area contributed by atoms with Crippen LogP contribution in [0.4, 0.5) is 0 Å². The highest BCUT2D eigenvalue weighted by Crippen LogP contribution is 2.37. The van der Waals surface area contributed by atoms with E-state index in [2.05, 4.69) is 25.6 Å². The van der Waals surface area contributed by atoms with Gasteiger partial charge in [0.15, 0.2) is 0 Å². The Labute approximate surface area is 90.5 Å². The molecule has 1 unspecified atom stereocenters. The van der Waals surface area contributed by atoms with E-state index < -0.39 is 0 Å². The van der Waals surface area contributed by atoms with E-state index in [0.29, 0.717) is 12.5 Å². The molecule has 80 valence electrons. The molecule has 0 bridgehead atoms. The molecule has 1 aromatic rings. The molecule has 0 amide bonds. The third-order valence-electron chi connectivity index (χ3n) is 2.99. The SMILES string of the molecule is C=C1COC(c2ccc(OC)cc2)[C@H]1C. The molecule has 2 nitrogen and oxygen atoms in total. The van der Waals surface area contributed by atoms with Crippen molar-refractivity contribution in [2.45, 2.75) is 13.0 Å². The second-order valence-electron chi connectivity index (χ2n) is 3.95. The fraction of sp³-hybridized carbons (Fsp3) is 0.385. The van der Waals surface area contributed by atoms with Gasteiger partial charge in [-0.05, 0) is 23.3 Å². The lowest BCUT2D eigenvalue weighted by molar-refractivity contribution is 0.0950. The maximum Gasteiger partial charge on any atom is 0.118 e. The lowest BCUT2D eigenvalue weighted by Crippen LogP contribution is -2.04. The molecule has 0 radical (unpaired) electrons. The molecule has 0 aromatic heterocycles. The van der Waals surface area contributed by atoms with Gasteiger partial charge in [0.05, 0.1) is 19.8 Å². The van der Waals surface area contributed by atoms with Crippen LogP contribution in [0.15, 0.2) is 36.4 Å². The maximum absolute atomic E-state index is 5.70. The summed E-state index contributed by atoms with van der Waals surface area (Å²) < 4.78 is 10.8. The molecule has 1 aliphatic heterocycles. The Hall–Kier alpha value is -1.28. The summed E-state index contributed by atoms with van der Waals surface area (Å²) in [5.41, 5.74) is 2.37. The first kappa shape index (κ1) is 10.2. The normalized spacial score (nSPS) is 25.6. The van der Waals surface area contributed by atoms with Crippen molar-refractivity contribution in [1.29, 1.82) is 0 Å². The molecule has 1 aromatic carbocycles. The Morgan fingerprint density at radius 3 is 2.47 bits per heavy atom. The van der Waals surface area contributed by atoms with Crippen LogP contribution in [-0.2, 0) is 4.74 Å². The second-order valence-corrected chi connectivity index (χ2v) is 3.95. The molecule has 2 rings (SSSR count). The van der Waals surface area contributed by atoms with Gasteiger partial charge in [-0.25, -0.2) is 0 Å². The quantitative estimate of drug-likeness (QED) is 0.689. The first-order chi connectivity index (χ1) is 7.22. The zero-order valence-electron chi connectivity index (χ0n) is 9.19. The van der Waals surface area contributed by atoms with Gasteiger partial charge in [-0.2, -0.15) is 0 Å². The molecule has 1 saturated heterocycles. The van der Waals surface area contributed by atoms with Crippen molar-refractivity contribution in [3.63, 3.8) is 0 Å². The molecule has 1 fully saturated rings. The summed E-state index contributed by atoms with van der Waals surface area (Å²) in [6.45, 7) is 6.83. The third-order valence-corrected chi connectivity index (χ3v) is 2.99. The average Bonchev–Trinajstić information content (AvgIpc) is 2.60. The van der Waals surface area contributed by atoms with Crippen molar-refractivity contribution < 1.29 is 9.47 Å². The molecule has 2 heteroatoms. The molecular formula is C13H16O2. The van der Waals surface area contributed by atoms with Crippen LogP contribution in [0.25, 0.3) is 0 Å². The van der Waals surface area contributed by atoms with Crippen molar-refractivity contribution in [1.82, 2.24) is 0 Å². The van der Waals surface area contributed by atoms with E-state index in [0.717, 1.165) is 5.75 Å². The minimum absolute atomic E-state index is 0.156. The lowest BCUT2D eigenvalue weighted by atomic mass is 9.94. The Morgan fingerprint density at radius 2 is 2.00 bits per heavy atom. The predicted molar refractivity (Wildman–Crippen MR) is 60.0 cm³/mol. The minimum atomic E-state index is 0.156. The van der Waals surface area contributed by atoms with Crippen molar-refractivity contribution in [3.8, 4) is 5.75 Å². The van der Waals surface area contributed by atoms with Gasteiger partial charge >= 0.3 is 0 Å². The standard InChI is InChI=1S/C13H16O2/c1-9-8-15-13(10(9)2)11-4-6-12(14-3)7-5-11/h4-7,10,13H,1,8H2,2-3H3/t10-,13?/m0/s1. The van der Waals surface area contributed by atoms with E-state index >= 15 is 0 Å². The Bertz CT molecular complexity index is 353. The molecule has 0 spiro atoms. The highest BCUT2D eigenvalue weighted by Gasteiger charge is 2.28. The number of hydrogen-bond donors (Lipinski definition) is 0. The number of hydrogen-bond acceptors (Lipinski definition) is 2. The van der Waals surface area contributed by atoms with Crippen LogP contribution in [0.5, 0.6) is 5.75 Å². The van der Waals surface area contributed by atoms with Crippen molar-refractivity contribution in [3.05, 3.63) is 42.0 Å². The molecule has 0 N–H and O–H groups in total. The average molecular weight is 204 g/mol. The topological polar surface area (TPSA) is 18.5 Å². The number of ether oxygens (including phenoxy) is 2. The second kappa shape index (κ2) is 4.07. The van der Waals surface area contributed by atoms with Gasteiger partial charge in [0.2, 0.25) is 0 Å². The van der Waals surface area contributed by atoms with Gasteiger partial charge in [0.1, 0.15) is 5.75 Å². The molecule has 0 aliphatic carbocycles. The van der Waals surface area contributed by atoms with Gasteiger partial charge in [-0.3, -0.25) is 0 Å². The Balaban J connectivity index is 2.19. The third kappa shape index (κ3) is 1.90. The van der Waals surface area contributed by atoms with Crippen LogP contribution in [0.3, 0.4) is 0 Å². The van der Waals surface area contributed by atoms with Gasteiger partial charge in [0, 0.05) is 5.92 Å². The summed E-state index contributed by atoms with van der Waals surface area (Å²) in [6, 6.07) is 8.04. The highest BCUT2D eigenvalue weighted by molar-refractivity contribution is 5.30. The Morgan fingerprint density at radius 1 is 1.33 bits per heavy atom. The van der Waals surface area contributed by atoms with Gasteiger partial charge in [0.25, 0.3) is 0 Å². The fourth-order valence-electron chi connectivity index (χ4n) is 1.87. The molecule has 15 heavy (non-hydrogen) atoms. The van der Waals surface area contributed by atoms with Crippen LogP contribution in [0, 0.1) is 5.92 Å². The predicted octanol–water partition coefficient (Wildman–Crippen LogP) is 2.96. The molecular weight excluding hydrogens is 188 g/mol. The first-order valence-corrected chi connectivity index (χ1v) is 5.15. The summed E-state index contributed by atoms with van der Waals surface area (Å²) in [7, 11) is 1.67. The zero-order valence-corrected chi connectivity index (χ0v) is 9.19. The van der Waals surface area contributed by atoms with Gasteiger partial charge in [-0.15, -0.1) is 0 Å². The lowest BCUT2D eigenvalue weighted by Gasteiger charge is -2.15. The van der Waals surface area contributed by atoms with Gasteiger partial charge in [-0.1, -0.05) is 25.6 Å². The zero-order chi connectivity index (χ0) is 10.8. The Kier molecular flexibility index (Phi) is 2.78. The fourth-order valence-corrected chi connectivity index (χ4v) is 1.87. The minimum Gasteiger partial charge on any atom is -0.497 e. The van der Waals surface area contributed by atoms with Gasteiger partial charge < -0.3 is 9.47 Å². The van der Waals surface area contributed by atoms with Crippen molar-refractivity contribution >= 4 is 0 Å². The van der Waals surface area contributed by atoms with E-state index in [-0.39, 0.29) is 6.10 Å². The highest BCUT2D eigenvalue weighted by atomic mass is 16.5. The van der Waals surface area contributed by atoms with Crippen molar-refractivity contribution in [2.24, 2.45) is 5.92 Å². The number of methoxy groups -OCH3 is 1. The van der Waals surface area contributed by atoms with Crippen molar-refractivity contribution in [2.75, 3.05) is 13.7 Å². The van der Waals surface area contributed by atoms with E-state index in [4.69, 9.17) is 9.47 Å². The summed E-state index contributed by atoms with van der Waals surface area (Å²) in [5.74, 6) is 1.28. The van der Waals surface area contributed by atoms with E-state index in [1.807, 2.05) is 12.1 Å². The van der Waals surface area contributed by atoms with E-state index in [1.165, 1.54) is 11.1 Å². The monoisotopic (exact) mass is 204 g/mol. The van der Waals surface area contributed by atoms with Crippen LogP contribution >= 0.6 is 0 Å².